The van der Waals surface area contributed by atoms with Gasteiger partial charge in [-0.2, -0.15) is 0 Å². The number of carbonyl (C=O) groups excluding carboxylic acids is 2. The number of nitrogens with zero attached hydrogens (tertiary/aromatic N) is 2. The zero-order valence-corrected chi connectivity index (χ0v) is 16.9. The molecule has 7 heteroatoms. The molecule has 1 aromatic carbocycles. The van der Waals surface area contributed by atoms with E-state index in [1.165, 1.54) is 0 Å². The third kappa shape index (κ3) is 3.03. The molecule has 0 aliphatic carbocycles. The zero-order chi connectivity index (χ0) is 20.1. The molecule has 154 valence electrons. The van der Waals surface area contributed by atoms with E-state index in [2.05, 4.69) is 9.88 Å². The normalized spacial score (nSPS) is 26.4. The lowest BCUT2D eigenvalue weighted by molar-refractivity contribution is -0.144. The lowest BCUT2D eigenvalue weighted by Crippen LogP contribution is -2.61. The van der Waals surface area contributed by atoms with Gasteiger partial charge in [0.25, 0.3) is 5.91 Å². The summed E-state index contributed by atoms with van der Waals surface area (Å²) in [6.07, 6.45) is 3.85. The molecule has 4 heterocycles. The van der Waals surface area contributed by atoms with E-state index < -0.39 is 0 Å². The number of amides is 2. The molecule has 0 spiro atoms. The topological polar surface area (TPSA) is 74.9 Å². The summed E-state index contributed by atoms with van der Waals surface area (Å²) in [5.74, 6) is 2.38. The summed E-state index contributed by atoms with van der Waals surface area (Å²) in [5, 5.41) is 0.923. The van der Waals surface area contributed by atoms with Gasteiger partial charge in [-0.3, -0.25) is 9.59 Å². The molecule has 2 aromatic rings. The minimum Gasteiger partial charge on any atom is -0.493 e. The highest BCUT2D eigenvalue weighted by Gasteiger charge is 2.45. The first-order valence-corrected chi connectivity index (χ1v) is 10.4. The molecule has 7 nitrogen and oxygen atoms in total. The van der Waals surface area contributed by atoms with E-state index in [4.69, 9.17) is 9.47 Å². The largest absolute Gasteiger partial charge is 0.493 e. The van der Waals surface area contributed by atoms with E-state index in [0.29, 0.717) is 53.9 Å². The van der Waals surface area contributed by atoms with Crippen molar-refractivity contribution in [2.45, 2.75) is 31.7 Å². The maximum atomic E-state index is 13.3. The summed E-state index contributed by atoms with van der Waals surface area (Å²) < 4.78 is 10.7. The van der Waals surface area contributed by atoms with Gasteiger partial charge in [-0.1, -0.05) is 0 Å². The molecule has 5 rings (SSSR count). The van der Waals surface area contributed by atoms with Crippen LogP contribution >= 0.6 is 0 Å². The zero-order valence-electron chi connectivity index (χ0n) is 16.9. The SMILES string of the molecule is COc1cc2cc(C(=O)N3CC4CC(C3)C3CCCC(=O)N3C4)[nH]c2cc1OC. The maximum absolute atomic E-state index is 13.3. The fraction of sp³-hybridized carbons (Fsp3) is 0.545. The number of piperidine rings is 3. The average molecular weight is 397 g/mol. The summed E-state index contributed by atoms with van der Waals surface area (Å²) in [4.78, 5) is 32.9. The van der Waals surface area contributed by atoms with Crippen molar-refractivity contribution in [2.24, 2.45) is 11.8 Å². The van der Waals surface area contributed by atoms with Crippen molar-refractivity contribution in [1.82, 2.24) is 14.8 Å². The van der Waals surface area contributed by atoms with Crippen LogP contribution in [-0.4, -0.2) is 66.5 Å². The van der Waals surface area contributed by atoms with Gasteiger partial charge < -0.3 is 24.3 Å². The van der Waals surface area contributed by atoms with Crippen molar-refractivity contribution in [2.75, 3.05) is 33.9 Å². The van der Waals surface area contributed by atoms with Gasteiger partial charge in [0.1, 0.15) is 5.69 Å². The second kappa shape index (κ2) is 6.97. The predicted octanol–water partition coefficient (Wildman–Crippen LogP) is 2.66. The Morgan fingerprint density at radius 2 is 1.90 bits per heavy atom. The second-order valence-corrected chi connectivity index (χ2v) is 8.56. The van der Waals surface area contributed by atoms with Crippen molar-refractivity contribution < 1.29 is 19.1 Å². The third-order valence-electron chi connectivity index (χ3n) is 6.82. The number of aromatic amines is 1. The highest BCUT2D eigenvalue weighted by molar-refractivity contribution is 5.98. The molecule has 3 fully saturated rings. The van der Waals surface area contributed by atoms with E-state index in [0.717, 1.165) is 43.3 Å². The Balaban J connectivity index is 1.39. The fourth-order valence-corrected chi connectivity index (χ4v) is 5.52. The van der Waals surface area contributed by atoms with Crippen LogP contribution in [0.5, 0.6) is 11.5 Å². The molecule has 2 bridgehead atoms. The Bertz CT molecular complexity index is 927. The minimum atomic E-state index is 0.0319. The third-order valence-corrected chi connectivity index (χ3v) is 6.82. The van der Waals surface area contributed by atoms with Gasteiger partial charge in [-0.15, -0.1) is 0 Å². The van der Waals surface area contributed by atoms with Gasteiger partial charge in [0.2, 0.25) is 5.91 Å². The minimum absolute atomic E-state index is 0.0319. The smallest absolute Gasteiger partial charge is 0.270 e. The quantitative estimate of drug-likeness (QED) is 0.864. The molecule has 3 saturated heterocycles. The molecule has 0 saturated carbocycles. The van der Waals surface area contributed by atoms with Crippen molar-refractivity contribution in [1.29, 1.82) is 0 Å². The summed E-state index contributed by atoms with van der Waals surface area (Å²) in [5.41, 5.74) is 1.44. The van der Waals surface area contributed by atoms with Crippen LogP contribution in [0.15, 0.2) is 18.2 Å². The van der Waals surface area contributed by atoms with E-state index in [-0.39, 0.29) is 5.91 Å². The number of aromatic nitrogens is 1. The van der Waals surface area contributed by atoms with Crippen molar-refractivity contribution in [3.05, 3.63) is 23.9 Å². The number of methoxy groups -OCH3 is 2. The average Bonchev–Trinajstić information content (AvgIpc) is 3.15. The molecular weight excluding hydrogens is 370 g/mol. The molecule has 3 aliphatic heterocycles. The summed E-state index contributed by atoms with van der Waals surface area (Å²) in [6, 6.07) is 5.94. The summed E-state index contributed by atoms with van der Waals surface area (Å²) in [7, 11) is 3.21. The Labute approximate surface area is 169 Å². The van der Waals surface area contributed by atoms with Crippen LogP contribution in [-0.2, 0) is 4.79 Å². The number of hydrogen-bond donors (Lipinski definition) is 1. The number of benzene rings is 1. The predicted molar refractivity (Wildman–Crippen MR) is 108 cm³/mol. The van der Waals surface area contributed by atoms with Gasteiger partial charge in [0.05, 0.1) is 14.2 Å². The van der Waals surface area contributed by atoms with Crippen LogP contribution in [0, 0.1) is 11.8 Å². The Kier molecular flexibility index (Phi) is 4.41. The van der Waals surface area contributed by atoms with Gasteiger partial charge in [0.15, 0.2) is 11.5 Å². The number of carbonyl (C=O) groups is 2. The number of ether oxygens (including phenoxy) is 2. The maximum Gasteiger partial charge on any atom is 0.270 e. The number of H-pyrrole nitrogens is 1. The lowest BCUT2D eigenvalue weighted by atomic mass is 9.76. The summed E-state index contributed by atoms with van der Waals surface area (Å²) >= 11 is 0. The van der Waals surface area contributed by atoms with Crippen LogP contribution in [0.1, 0.15) is 36.2 Å². The molecule has 3 aliphatic rings. The first kappa shape index (κ1) is 18.3. The molecule has 0 radical (unpaired) electrons. The lowest BCUT2D eigenvalue weighted by Gasteiger charge is -2.52. The van der Waals surface area contributed by atoms with Gasteiger partial charge >= 0.3 is 0 Å². The van der Waals surface area contributed by atoms with Gasteiger partial charge in [-0.05, 0) is 43.2 Å². The second-order valence-electron chi connectivity index (χ2n) is 8.56. The van der Waals surface area contributed by atoms with E-state index >= 15 is 0 Å². The number of hydrogen-bond acceptors (Lipinski definition) is 4. The van der Waals surface area contributed by atoms with Crippen LogP contribution in [0.2, 0.25) is 0 Å². The number of rotatable bonds is 3. The van der Waals surface area contributed by atoms with E-state index in [9.17, 15) is 9.59 Å². The summed E-state index contributed by atoms with van der Waals surface area (Å²) in [6.45, 7) is 2.24. The first-order valence-electron chi connectivity index (χ1n) is 10.4. The first-order chi connectivity index (χ1) is 14.1. The van der Waals surface area contributed by atoms with Crippen LogP contribution < -0.4 is 9.47 Å². The Hall–Kier alpha value is -2.70. The molecule has 3 unspecified atom stereocenters. The molecule has 2 amide bonds. The van der Waals surface area contributed by atoms with Gasteiger partial charge in [-0.25, -0.2) is 0 Å². The highest BCUT2D eigenvalue weighted by Crippen LogP contribution is 2.38. The molecular formula is C22H27N3O4. The van der Waals surface area contributed by atoms with Crippen LogP contribution in [0.25, 0.3) is 10.9 Å². The number of fused-ring (bicyclic) bond motifs is 5. The number of likely N-dealkylation sites (tertiary alicyclic amines) is 1. The Morgan fingerprint density at radius 1 is 1.10 bits per heavy atom. The van der Waals surface area contributed by atoms with Gasteiger partial charge in [0, 0.05) is 49.1 Å². The monoisotopic (exact) mass is 397 g/mol. The van der Waals surface area contributed by atoms with Crippen LogP contribution in [0.4, 0.5) is 0 Å². The molecule has 1 N–H and O–H groups in total. The van der Waals surface area contributed by atoms with Crippen molar-refractivity contribution >= 4 is 22.7 Å². The Morgan fingerprint density at radius 3 is 2.69 bits per heavy atom. The molecule has 1 aromatic heterocycles. The molecule has 29 heavy (non-hydrogen) atoms. The van der Waals surface area contributed by atoms with Crippen molar-refractivity contribution in [3.63, 3.8) is 0 Å². The van der Waals surface area contributed by atoms with E-state index in [1.807, 2.05) is 23.1 Å². The number of nitrogens with one attached hydrogen (secondary N) is 1. The fourth-order valence-electron chi connectivity index (χ4n) is 5.52. The van der Waals surface area contributed by atoms with Crippen LogP contribution in [0.3, 0.4) is 0 Å². The standard InChI is InChI=1S/C22H27N3O4/c1-28-19-8-14-7-17(23-16(14)9-20(19)29-2)22(27)24-10-13-6-15(12-24)18-4-3-5-21(26)25(18)11-13/h7-9,13,15,18,23H,3-6,10-12H2,1-2H3. The highest BCUT2D eigenvalue weighted by atomic mass is 16.5. The molecule has 3 atom stereocenters. The van der Waals surface area contributed by atoms with Crippen molar-refractivity contribution in [3.8, 4) is 11.5 Å². The van der Waals surface area contributed by atoms with E-state index in [1.54, 1.807) is 14.2 Å².